The van der Waals surface area contributed by atoms with Gasteiger partial charge in [0.2, 0.25) is 0 Å². The van der Waals surface area contributed by atoms with Crippen molar-refractivity contribution in [1.82, 2.24) is 14.5 Å². The van der Waals surface area contributed by atoms with Crippen LogP contribution in [0.25, 0.3) is 21.9 Å². The molecule has 0 radical (unpaired) electrons. The fourth-order valence-corrected chi connectivity index (χ4v) is 4.22. The highest BCUT2D eigenvalue weighted by molar-refractivity contribution is 9.10. The predicted molar refractivity (Wildman–Crippen MR) is 130 cm³/mol. The summed E-state index contributed by atoms with van der Waals surface area (Å²) in [4.78, 5) is 20.2. The molecule has 7 nitrogen and oxygen atoms in total. The number of hydrogen-bond donors (Lipinski definition) is 3. The number of aromatic nitrogens is 3. The molecule has 2 aromatic carbocycles. The molecule has 5 rings (SSSR count). The van der Waals surface area contributed by atoms with Gasteiger partial charge in [-0.05, 0) is 54.1 Å². The highest BCUT2D eigenvalue weighted by Gasteiger charge is 2.12. The van der Waals surface area contributed by atoms with E-state index in [9.17, 15) is 4.79 Å². The van der Waals surface area contributed by atoms with Crippen molar-refractivity contribution in [1.29, 1.82) is 0 Å². The number of nitrogens with one attached hydrogen (secondary N) is 3. The number of ether oxygens (including phenoxy) is 1. The Kier molecular flexibility index (Phi) is 5.28. The lowest BCUT2D eigenvalue weighted by molar-refractivity contribution is 0.262. The normalized spacial score (nSPS) is 11.1. The lowest BCUT2D eigenvalue weighted by Gasteiger charge is -2.13. The molecule has 3 aromatic heterocycles. The smallest absolute Gasteiger partial charge is 0.323 e. The molecule has 3 N–H and O–H groups in total. The number of hydrogen-bond acceptors (Lipinski definition) is 3. The first-order chi connectivity index (χ1) is 15.6. The lowest BCUT2D eigenvalue weighted by Crippen LogP contribution is -2.20. The number of nitrogens with zero attached hydrogens (tertiary/aromatic N) is 2. The number of rotatable bonds is 5. The van der Waals surface area contributed by atoms with E-state index in [1.54, 1.807) is 19.2 Å². The van der Waals surface area contributed by atoms with Crippen LogP contribution < -0.4 is 15.4 Å². The summed E-state index contributed by atoms with van der Waals surface area (Å²) in [5.41, 5.74) is 4.39. The van der Waals surface area contributed by atoms with Crippen LogP contribution in [0.3, 0.4) is 0 Å². The van der Waals surface area contributed by atoms with Gasteiger partial charge in [-0.15, -0.1) is 0 Å². The molecule has 0 aliphatic rings. The third-order valence-electron chi connectivity index (χ3n) is 5.36. The van der Waals surface area contributed by atoms with Gasteiger partial charge in [0, 0.05) is 40.4 Å². The average Bonchev–Trinajstić information content (AvgIpc) is 3.42. The first-order valence-electron chi connectivity index (χ1n) is 10.0. The maximum atomic E-state index is 12.7. The molecule has 0 bridgehead atoms. The Balaban J connectivity index is 1.40. The molecular weight excluding hydrogens is 470 g/mol. The molecule has 0 aliphatic heterocycles. The number of benzene rings is 2. The van der Waals surface area contributed by atoms with Crippen LogP contribution in [-0.2, 0) is 6.54 Å². The molecule has 0 aliphatic carbocycles. The Labute approximate surface area is 192 Å². The van der Waals surface area contributed by atoms with Gasteiger partial charge < -0.3 is 24.9 Å². The van der Waals surface area contributed by atoms with Crippen LogP contribution in [0.5, 0.6) is 5.75 Å². The van der Waals surface area contributed by atoms with E-state index >= 15 is 0 Å². The van der Waals surface area contributed by atoms with Gasteiger partial charge in [-0.25, -0.2) is 9.78 Å². The first kappa shape index (κ1) is 20.1. The van der Waals surface area contributed by atoms with E-state index in [1.807, 2.05) is 61.1 Å². The maximum absolute atomic E-state index is 12.7. The fourth-order valence-electron chi connectivity index (χ4n) is 3.86. The second-order valence-corrected chi connectivity index (χ2v) is 8.23. The van der Waals surface area contributed by atoms with E-state index < -0.39 is 0 Å². The standard InChI is InChI=1S/C24H20BrN5O2/c1-32-22-6-5-16(25)13-20(22)29-24(31)28-19-3-2-4-21-18(19)9-12-30(21)14-15-7-10-26-23-17(15)8-11-27-23/h2-13H,14H2,1H3,(H,26,27)(H2,28,29,31). The molecule has 0 spiro atoms. The molecule has 3 heterocycles. The van der Waals surface area contributed by atoms with Crippen LogP contribution in [0.2, 0.25) is 0 Å². The van der Waals surface area contributed by atoms with Crippen LogP contribution >= 0.6 is 15.9 Å². The molecule has 0 saturated heterocycles. The van der Waals surface area contributed by atoms with Crippen molar-refractivity contribution in [3.05, 3.63) is 83.2 Å². The number of amides is 2. The largest absolute Gasteiger partial charge is 0.495 e. The van der Waals surface area contributed by atoms with E-state index in [2.05, 4.69) is 41.1 Å². The molecule has 0 fully saturated rings. The van der Waals surface area contributed by atoms with Crippen molar-refractivity contribution in [2.45, 2.75) is 6.54 Å². The van der Waals surface area contributed by atoms with E-state index in [1.165, 1.54) is 5.56 Å². The molecule has 5 aromatic rings. The second-order valence-electron chi connectivity index (χ2n) is 7.32. The molecule has 0 atom stereocenters. The van der Waals surface area contributed by atoms with Gasteiger partial charge in [-0.2, -0.15) is 0 Å². The summed E-state index contributed by atoms with van der Waals surface area (Å²) in [6, 6.07) is 17.1. The number of halogens is 1. The number of methoxy groups -OCH3 is 1. The lowest BCUT2D eigenvalue weighted by atomic mass is 10.2. The monoisotopic (exact) mass is 489 g/mol. The minimum absolute atomic E-state index is 0.343. The van der Waals surface area contributed by atoms with Crippen LogP contribution in [0, 0.1) is 0 Å². The van der Waals surface area contributed by atoms with Crippen molar-refractivity contribution in [3.8, 4) is 5.75 Å². The van der Waals surface area contributed by atoms with Gasteiger partial charge in [0.05, 0.1) is 24.0 Å². The summed E-state index contributed by atoms with van der Waals surface area (Å²) >= 11 is 3.42. The summed E-state index contributed by atoms with van der Waals surface area (Å²) in [7, 11) is 1.57. The van der Waals surface area contributed by atoms with E-state index in [4.69, 9.17) is 4.74 Å². The van der Waals surface area contributed by atoms with Gasteiger partial charge in [0.25, 0.3) is 0 Å². The zero-order chi connectivity index (χ0) is 22.1. The van der Waals surface area contributed by atoms with Gasteiger partial charge in [0.1, 0.15) is 11.4 Å². The minimum atomic E-state index is -0.343. The quantitative estimate of drug-likeness (QED) is 0.283. The topological polar surface area (TPSA) is 84.0 Å². The highest BCUT2D eigenvalue weighted by atomic mass is 79.9. The molecule has 32 heavy (non-hydrogen) atoms. The number of anilines is 2. The predicted octanol–water partition coefficient (Wildman–Crippen LogP) is 5.98. The number of aromatic amines is 1. The number of H-pyrrole nitrogens is 1. The number of carbonyl (C=O) groups excluding carboxylic acids is 1. The van der Waals surface area contributed by atoms with E-state index in [-0.39, 0.29) is 6.03 Å². The van der Waals surface area contributed by atoms with Gasteiger partial charge in [0.15, 0.2) is 0 Å². The SMILES string of the molecule is COc1ccc(Br)cc1NC(=O)Nc1cccc2c1ccn2Cc1ccnc2[nH]ccc12. The van der Waals surface area contributed by atoms with Crippen molar-refractivity contribution >= 4 is 55.3 Å². The summed E-state index contributed by atoms with van der Waals surface area (Å²) in [5, 5.41) is 7.88. The summed E-state index contributed by atoms with van der Waals surface area (Å²) < 4.78 is 8.34. The molecular formula is C24H20BrN5O2. The fraction of sp³-hybridized carbons (Fsp3) is 0.0833. The molecule has 160 valence electrons. The Morgan fingerprint density at radius 3 is 2.84 bits per heavy atom. The van der Waals surface area contributed by atoms with Gasteiger partial charge in [-0.3, -0.25) is 0 Å². The minimum Gasteiger partial charge on any atom is -0.495 e. The summed E-state index contributed by atoms with van der Waals surface area (Å²) in [6.07, 6.45) is 5.74. The Morgan fingerprint density at radius 2 is 1.97 bits per heavy atom. The highest BCUT2D eigenvalue weighted by Crippen LogP contribution is 2.29. The molecule has 0 saturated carbocycles. The third-order valence-corrected chi connectivity index (χ3v) is 5.86. The Morgan fingerprint density at radius 1 is 1.09 bits per heavy atom. The van der Waals surface area contributed by atoms with Crippen molar-refractivity contribution in [3.63, 3.8) is 0 Å². The van der Waals surface area contributed by atoms with Gasteiger partial charge >= 0.3 is 6.03 Å². The third kappa shape index (κ3) is 3.80. The summed E-state index contributed by atoms with van der Waals surface area (Å²) in [6.45, 7) is 0.700. The van der Waals surface area contributed by atoms with Crippen molar-refractivity contribution < 1.29 is 9.53 Å². The van der Waals surface area contributed by atoms with Crippen molar-refractivity contribution in [2.75, 3.05) is 17.7 Å². The zero-order valence-electron chi connectivity index (χ0n) is 17.2. The molecule has 2 amide bonds. The van der Waals surface area contributed by atoms with Crippen molar-refractivity contribution in [2.24, 2.45) is 0 Å². The molecule has 8 heteroatoms. The summed E-state index contributed by atoms with van der Waals surface area (Å²) in [5.74, 6) is 0.584. The van der Waals surface area contributed by atoms with Crippen LogP contribution in [0.4, 0.5) is 16.2 Å². The average molecular weight is 490 g/mol. The maximum Gasteiger partial charge on any atom is 0.323 e. The van der Waals surface area contributed by atoms with Crippen LogP contribution in [0.15, 0.2) is 77.7 Å². The number of urea groups is 1. The van der Waals surface area contributed by atoms with Crippen LogP contribution in [-0.4, -0.2) is 27.7 Å². The zero-order valence-corrected chi connectivity index (χ0v) is 18.8. The van der Waals surface area contributed by atoms with Gasteiger partial charge in [-0.1, -0.05) is 22.0 Å². The Hall–Kier alpha value is -3.78. The molecule has 0 unspecified atom stereocenters. The van der Waals surface area contributed by atoms with E-state index in [0.717, 1.165) is 32.1 Å². The number of carbonyl (C=O) groups is 1. The number of pyridine rings is 1. The van der Waals surface area contributed by atoms with Crippen LogP contribution in [0.1, 0.15) is 5.56 Å². The second kappa shape index (κ2) is 8.39. The number of fused-ring (bicyclic) bond motifs is 2. The first-order valence-corrected chi connectivity index (χ1v) is 10.8. The Bertz CT molecular complexity index is 1440. The van der Waals surface area contributed by atoms with E-state index in [0.29, 0.717) is 18.0 Å².